The zero-order chi connectivity index (χ0) is 13.8. The smallest absolute Gasteiger partial charge is 0.0991 e. The van der Waals surface area contributed by atoms with Crippen LogP contribution in [0.2, 0.25) is 0 Å². The number of nitrogens with one attached hydrogen (secondary N) is 1. The van der Waals surface area contributed by atoms with Crippen molar-refractivity contribution in [1.29, 1.82) is 5.26 Å². The van der Waals surface area contributed by atoms with Crippen LogP contribution >= 0.6 is 11.3 Å². The third-order valence-electron chi connectivity index (χ3n) is 3.26. The van der Waals surface area contributed by atoms with Crippen molar-refractivity contribution in [1.82, 2.24) is 5.32 Å². The Bertz CT molecular complexity index is 607. The van der Waals surface area contributed by atoms with Crippen molar-refractivity contribution in [3.05, 3.63) is 56.8 Å². The number of nitrogens with zero attached hydrogens (tertiary/aromatic N) is 1. The van der Waals surface area contributed by atoms with Crippen molar-refractivity contribution in [2.45, 2.75) is 33.4 Å². The van der Waals surface area contributed by atoms with Gasteiger partial charge < -0.3 is 5.32 Å². The van der Waals surface area contributed by atoms with Crippen LogP contribution < -0.4 is 5.32 Å². The maximum atomic E-state index is 8.86. The Labute approximate surface area is 118 Å². The van der Waals surface area contributed by atoms with Crippen molar-refractivity contribution in [2.75, 3.05) is 0 Å². The second-order valence-corrected chi connectivity index (χ2v) is 6.12. The van der Waals surface area contributed by atoms with Gasteiger partial charge in [-0.3, -0.25) is 0 Å². The van der Waals surface area contributed by atoms with Gasteiger partial charge in [0, 0.05) is 22.3 Å². The van der Waals surface area contributed by atoms with E-state index in [-0.39, 0.29) is 0 Å². The molecule has 2 rings (SSSR count). The topological polar surface area (TPSA) is 35.8 Å². The molecule has 1 heterocycles. The molecule has 0 aliphatic heterocycles. The Morgan fingerprint density at radius 2 is 2.05 bits per heavy atom. The minimum absolute atomic E-state index is 0.355. The van der Waals surface area contributed by atoms with Gasteiger partial charge in [-0.2, -0.15) is 5.26 Å². The van der Waals surface area contributed by atoms with E-state index in [1.165, 1.54) is 20.9 Å². The molecule has 0 radical (unpaired) electrons. The highest BCUT2D eigenvalue weighted by Crippen LogP contribution is 2.22. The molecule has 1 N–H and O–H groups in total. The number of benzene rings is 1. The van der Waals surface area contributed by atoms with Gasteiger partial charge in [0.15, 0.2) is 0 Å². The highest BCUT2D eigenvalue weighted by atomic mass is 32.1. The zero-order valence-electron chi connectivity index (χ0n) is 11.5. The lowest BCUT2D eigenvalue weighted by Gasteiger charge is -2.13. The number of hydrogen-bond donors (Lipinski definition) is 1. The van der Waals surface area contributed by atoms with Crippen LogP contribution in [0.4, 0.5) is 0 Å². The molecule has 0 amide bonds. The molecule has 3 heteroatoms. The van der Waals surface area contributed by atoms with Crippen LogP contribution in [0.5, 0.6) is 0 Å². The maximum Gasteiger partial charge on any atom is 0.0991 e. The van der Waals surface area contributed by atoms with E-state index in [1.807, 2.05) is 29.5 Å². The quantitative estimate of drug-likeness (QED) is 0.908. The van der Waals surface area contributed by atoms with Crippen LogP contribution in [0.15, 0.2) is 30.3 Å². The molecule has 1 unspecified atom stereocenters. The minimum Gasteiger partial charge on any atom is -0.305 e. The summed E-state index contributed by atoms with van der Waals surface area (Å²) in [5.41, 5.74) is 3.14. The number of thiophene rings is 1. The fourth-order valence-electron chi connectivity index (χ4n) is 2.01. The van der Waals surface area contributed by atoms with Gasteiger partial charge in [0.05, 0.1) is 11.6 Å². The minimum atomic E-state index is 0.355. The Morgan fingerprint density at radius 3 is 2.63 bits per heavy atom. The molecule has 0 fully saturated rings. The summed E-state index contributed by atoms with van der Waals surface area (Å²) in [6.45, 7) is 7.20. The first-order valence-corrected chi connectivity index (χ1v) is 7.21. The highest BCUT2D eigenvalue weighted by molar-refractivity contribution is 7.12. The summed E-state index contributed by atoms with van der Waals surface area (Å²) in [6.07, 6.45) is 0. The average molecular weight is 270 g/mol. The first-order valence-electron chi connectivity index (χ1n) is 6.39. The summed E-state index contributed by atoms with van der Waals surface area (Å²) in [7, 11) is 0. The number of hydrogen-bond acceptors (Lipinski definition) is 3. The third-order valence-corrected chi connectivity index (χ3v) is 4.44. The summed E-state index contributed by atoms with van der Waals surface area (Å²) in [5, 5.41) is 12.4. The normalized spacial score (nSPS) is 12.1. The molecular weight excluding hydrogens is 252 g/mol. The Balaban J connectivity index is 2.01. The maximum absolute atomic E-state index is 8.86. The lowest BCUT2D eigenvalue weighted by Crippen LogP contribution is -2.17. The van der Waals surface area contributed by atoms with Gasteiger partial charge in [-0.15, -0.1) is 11.3 Å². The fourth-order valence-corrected chi connectivity index (χ4v) is 2.92. The molecule has 98 valence electrons. The molecule has 1 aromatic carbocycles. The van der Waals surface area contributed by atoms with E-state index < -0.39 is 0 Å². The van der Waals surface area contributed by atoms with Crippen molar-refractivity contribution in [3.63, 3.8) is 0 Å². The second-order valence-electron chi connectivity index (χ2n) is 4.80. The van der Waals surface area contributed by atoms with Gasteiger partial charge >= 0.3 is 0 Å². The van der Waals surface area contributed by atoms with Crippen LogP contribution in [0.3, 0.4) is 0 Å². The van der Waals surface area contributed by atoms with E-state index in [2.05, 4.69) is 44.3 Å². The monoisotopic (exact) mass is 270 g/mol. The van der Waals surface area contributed by atoms with E-state index in [4.69, 9.17) is 5.26 Å². The van der Waals surface area contributed by atoms with Gasteiger partial charge in [0.2, 0.25) is 0 Å². The van der Waals surface area contributed by atoms with E-state index >= 15 is 0 Å². The van der Waals surface area contributed by atoms with E-state index in [0.29, 0.717) is 6.04 Å². The lowest BCUT2D eigenvalue weighted by atomic mass is 10.1. The van der Waals surface area contributed by atoms with Gasteiger partial charge in [0.25, 0.3) is 0 Å². The molecule has 1 aromatic heterocycles. The van der Waals surface area contributed by atoms with Crippen LogP contribution in [0.1, 0.15) is 39.4 Å². The van der Waals surface area contributed by atoms with Gasteiger partial charge in [-0.05, 0) is 56.2 Å². The average Bonchev–Trinajstić information content (AvgIpc) is 2.83. The molecule has 0 saturated carbocycles. The van der Waals surface area contributed by atoms with Crippen LogP contribution in [-0.2, 0) is 6.54 Å². The fraction of sp³-hybridized carbons (Fsp3) is 0.312. The SMILES string of the molecule is Cc1ccc(C(C)NCc2ccc(C#N)cc2C)s1. The summed E-state index contributed by atoms with van der Waals surface area (Å²) < 4.78 is 0. The molecule has 2 aromatic rings. The Morgan fingerprint density at radius 1 is 1.26 bits per heavy atom. The number of aryl methyl sites for hydroxylation is 2. The summed E-state index contributed by atoms with van der Waals surface area (Å²) >= 11 is 1.84. The van der Waals surface area contributed by atoms with Crippen LogP contribution in [0.25, 0.3) is 0 Å². The van der Waals surface area contributed by atoms with Crippen molar-refractivity contribution in [2.24, 2.45) is 0 Å². The van der Waals surface area contributed by atoms with Crippen LogP contribution in [-0.4, -0.2) is 0 Å². The largest absolute Gasteiger partial charge is 0.305 e. The van der Waals surface area contributed by atoms with Gasteiger partial charge in [-0.1, -0.05) is 6.07 Å². The Hall–Kier alpha value is -1.63. The summed E-state index contributed by atoms with van der Waals surface area (Å²) in [5.74, 6) is 0. The summed E-state index contributed by atoms with van der Waals surface area (Å²) in [6, 6.07) is 12.7. The lowest BCUT2D eigenvalue weighted by molar-refractivity contribution is 0.581. The highest BCUT2D eigenvalue weighted by Gasteiger charge is 2.08. The first-order chi connectivity index (χ1) is 9.10. The van der Waals surface area contributed by atoms with E-state index in [0.717, 1.165) is 12.1 Å². The zero-order valence-corrected chi connectivity index (χ0v) is 12.3. The molecule has 0 spiro atoms. The molecule has 19 heavy (non-hydrogen) atoms. The second kappa shape index (κ2) is 6.01. The van der Waals surface area contributed by atoms with Gasteiger partial charge in [0.1, 0.15) is 0 Å². The summed E-state index contributed by atoms with van der Waals surface area (Å²) in [4.78, 5) is 2.71. The molecule has 0 saturated heterocycles. The predicted octanol–water partition coefficient (Wildman–Crippen LogP) is 4.09. The van der Waals surface area contributed by atoms with Crippen molar-refractivity contribution >= 4 is 11.3 Å². The molecule has 2 nitrogen and oxygen atoms in total. The first kappa shape index (κ1) is 13.8. The Kier molecular flexibility index (Phi) is 4.36. The molecular formula is C16H18N2S. The number of nitriles is 1. The van der Waals surface area contributed by atoms with Crippen molar-refractivity contribution in [3.8, 4) is 6.07 Å². The van der Waals surface area contributed by atoms with Crippen molar-refractivity contribution < 1.29 is 0 Å². The molecule has 0 aliphatic carbocycles. The molecule has 0 bridgehead atoms. The van der Waals surface area contributed by atoms with E-state index in [1.54, 1.807) is 0 Å². The molecule has 1 atom stereocenters. The van der Waals surface area contributed by atoms with Crippen LogP contribution in [0, 0.1) is 25.2 Å². The third kappa shape index (κ3) is 3.44. The molecule has 0 aliphatic rings. The van der Waals surface area contributed by atoms with E-state index in [9.17, 15) is 0 Å². The number of rotatable bonds is 4. The van der Waals surface area contributed by atoms with Gasteiger partial charge in [-0.25, -0.2) is 0 Å². The predicted molar refractivity (Wildman–Crippen MR) is 80.2 cm³/mol. The standard InChI is InChI=1S/C16H18N2S/c1-11-8-14(9-17)5-6-15(11)10-18-13(3)16-7-4-12(2)19-16/h4-8,13,18H,10H2,1-3H3.